The highest BCUT2D eigenvalue weighted by molar-refractivity contribution is 5.87. The molecule has 2 amide bonds. The molecule has 27 heavy (non-hydrogen) atoms. The molecule has 9 heteroatoms. The number of carboxylic acids is 1. The van der Waals surface area contributed by atoms with Gasteiger partial charge in [-0.3, -0.25) is 19.3 Å². The van der Waals surface area contributed by atoms with E-state index in [0.717, 1.165) is 5.56 Å². The van der Waals surface area contributed by atoms with Crippen molar-refractivity contribution in [1.29, 1.82) is 0 Å². The maximum absolute atomic E-state index is 12.3. The summed E-state index contributed by atoms with van der Waals surface area (Å²) in [7, 11) is 0. The monoisotopic (exact) mass is 373 g/mol. The van der Waals surface area contributed by atoms with Gasteiger partial charge in [-0.15, -0.1) is 0 Å². The Morgan fingerprint density at radius 1 is 1.22 bits per heavy atom. The maximum Gasteiger partial charge on any atom is 0.317 e. The lowest BCUT2D eigenvalue weighted by molar-refractivity contribution is -0.139. The third-order valence-corrected chi connectivity index (χ3v) is 3.94. The molecule has 1 atom stereocenters. The minimum atomic E-state index is -1.03. The smallest absolute Gasteiger partial charge is 0.317 e. The van der Waals surface area contributed by atoms with Crippen molar-refractivity contribution in [3.05, 3.63) is 54.1 Å². The van der Waals surface area contributed by atoms with Crippen LogP contribution in [0.2, 0.25) is 0 Å². The van der Waals surface area contributed by atoms with E-state index in [0.29, 0.717) is 18.7 Å². The number of primary amides is 1. The molecule has 0 spiro atoms. The number of rotatable bonds is 11. The first-order valence-corrected chi connectivity index (χ1v) is 8.48. The number of aromatic amines is 1. The first kappa shape index (κ1) is 20.1. The Morgan fingerprint density at radius 2 is 1.96 bits per heavy atom. The highest BCUT2D eigenvalue weighted by Crippen LogP contribution is 2.02. The summed E-state index contributed by atoms with van der Waals surface area (Å²) in [5.41, 5.74) is 7.05. The number of nitrogens with one attached hydrogen (secondary N) is 2. The normalized spacial score (nSPS) is 11.9. The van der Waals surface area contributed by atoms with Gasteiger partial charge in [0, 0.05) is 24.9 Å². The number of carbonyl (C=O) groups excluding carboxylic acids is 2. The van der Waals surface area contributed by atoms with Crippen LogP contribution in [0.25, 0.3) is 0 Å². The third-order valence-electron chi connectivity index (χ3n) is 3.94. The number of amides is 2. The molecule has 0 bridgehead atoms. The van der Waals surface area contributed by atoms with Crippen LogP contribution in [-0.4, -0.2) is 63.4 Å². The van der Waals surface area contributed by atoms with Crippen molar-refractivity contribution in [3.8, 4) is 0 Å². The summed E-state index contributed by atoms with van der Waals surface area (Å²) in [6, 6.07) is 8.67. The lowest BCUT2D eigenvalue weighted by Crippen LogP contribution is -2.49. The van der Waals surface area contributed by atoms with Gasteiger partial charge in [-0.2, -0.15) is 0 Å². The van der Waals surface area contributed by atoms with Crippen molar-refractivity contribution in [2.24, 2.45) is 5.73 Å². The van der Waals surface area contributed by atoms with Gasteiger partial charge in [-0.1, -0.05) is 30.3 Å². The summed E-state index contributed by atoms with van der Waals surface area (Å²) < 4.78 is 0. The number of nitrogens with zero attached hydrogens (tertiary/aromatic N) is 2. The van der Waals surface area contributed by atoms with Gasteiger partial charge >= 0.3 is 5.97 Å². The fourth-order valence-corrected chi connectivity index (χ4v) is 2.62. The van der Waals surface area contributed by atoms with Crippen molar-refractivity contribution < 1.29 is 19.5 Å². The van der Waals surface area contributed by atoms with Gasteiger partial charge in [0.15, 0.2) is 0 Å². The summed E-state index contributed by atoms with van der Waals surface area (Å²) in [5, 5.41) is 11.6. The van der Waals surface area contributed by atoms with Gasteiger partial charge in [-0.25, -0.2) is 4.98 Å². The van der Waals surface area contributed by atoms with Gasteiger partial charge in [-0.05, 0) is 12.0 Å². The van der Waals surface area contributed by atoms with Gasteiger partial charge in [0.2, 0.25) is 11.8 Å². The number of aromatic nitrogens is 2. The molecule has 1 aromatic heterocycles. The highest BCUT2D eigenvalue weighted by Gasteiger charge is 2.21. The molecule has 1 aromatic carbocycles. The second kappa shape index (κ2) is 10.1. The van der Waals surface area contributed by atoms with E-state index in [4.69, 9.17) is 10.8 Å². The van der Waals surface area contributed by atoms with Crippen LogP contribution in [0.4, 0.5) is 0 Å². The molecule has 1 heterocycles. The molecule has 0 unspecified atom stereocenters. The molecule has 0 saturated carbocycles. The largest absolute Gasteiger partial charge is 0.480 e. The van der Waals surface area contributed by atoms with E-state index < -0.39 is 23.8 Å². The zero-order chi connectivity index (χ0) is 19.6. The van der Waals surface area contributed by atoms with E-state index in [1.54, 1.807) is 6.20 Å². The lowest BCUT2D eigenvalue weighted by atomic mass is 10.1. The Morgan fingerprint density at radius 3 is 2.56 bits per heavy atom. The third kappa shape index (κ3) is 7.28. The van der Waals surface area contributed by atoms with Crippen LogP contribution in [0.15, 0.2) is 42.9 Å². The van der Waals surface area contributed by atoms with Gasteiger partial charge in [0.05, 0.1) is 19.4 Å². The molecular formula is C18H23N5O4. The number of benzene rings is 1. The summed E-state index contributed by atoms with van der Waals surface area (Å²) >= 11 is 0. The molecule has 5 N–H and O–H groups in total. The van der Waals surface area contributed by atoms with E-state index in [1.807, 2.05) is 30.3 Å². The summed E-state index contributed by atoms with van der Waals surface area (Å²) in [6.07, 6.45) is 3.80. The molecule has 0 radical (unpaired) electrons. The molecule has 0 saturated heterocycles. The molecule has 0 aliphatic heterocycles. The molecule has 2 rings (SSSR count). The highest BCUT2D eigenvalue weighted by atomic mass is 16.4. The minimum absolute atomic E-state index is 0.147. The van der Waals surface area contributed by atoms with Crippen LogP contribution in [0, 0.1) is 0 Å². The Bertz CT molecular complexity index is 748. The topological polar surface area (TPSA) is 141 Å². The molecule has 0 fully saturated rings. The molecular weight excluding hydrogens is 350 g/mol. The molecule has 144 valence electrons. The van der Waals surface area contributed by atoms with Crippen LogP contribution in [0.3, 0.4) is 0 Å². The van der Waals surface area contributed by atoms with E-state index in [2.05, 4.69) is 15.3 Å². The fraction of sp³-hybridized carbons (Fsp3) is 0.333. The summed E-state index contributed by atoms with van der Waals surface area (Å²) in [6.45, 7) is -0.0283. The fourth-order valence-electron chi connectivity index (χ4n) is 2.62. The van der Waals surface area contributed by atoms with Crippen molar-refractivity contribution in [2.45, 2.75) is 18.9 Å². The van der Waals surface area contributed by atoms with Gasteiger partial charge in [0.25, 0.3) is 0 Å². The number of H-pyrrole nitrogens is 1. The Kier molecular flexibility index (Phi) is 7.50. The van der Waals surface area contributed by atoms with Crippen molar-refractivity contribution in [3.63, 3.8) is 0 Å². The van der Waals surface area contributed by atoms with Crippen molar-refractivity contribution in [1.82, 2.24) is 20.2 Å². The summed E-state index contributed by atoms with van der Waals surface area (Å²) in [4.78, 5) is 43.2. The van der Waals surface area contributed by atoms with E-state index in [9.17, 15) is 14.4 Å². The zero-order valence-electron chi connectivity index (χ0n) is 14.8. The zero-order valence-corrected chi connectivity index (χ0v) is 14.8. The van der Waals surface area contributed by atoms with Crippen LogP contribution in [0.5, 0.6) is 0 Å². The number of carboxylic acid groups (broad SMARTS) is 1. The lowest BCUT2D eigenvalue weighted by Gasteiger charge is -2.21. The van der Waals surface area contributed by atoms with Crippen molar-refractivity contribution >= 4 is 17.8 Å². The first-order chi connectivity index (χ1) is 12.9. The first-order valence-electron chi connectivity index (χ1n) is 8.48. The van der Waals surface area contributed by atoms with Crippen LogP contribution < -0.4 is 11.1 Å². The molecule has 0 aliphatic rings. The van der Waals surface area contributed by atoms with Crippen LogP contribution >= 0.6 is 0 Å². The second-order valence-corrected chi connectivity index (χ2v) is 6.14. The maximum atomic E-state index is 12.3. The van der Waals surface area contributed by atoms with Crippen LogP contribution in [-0.2, 0) is 27.2 Å². The Hall–Kier alpha value is -3.20. The van der Waals surface area contributed by atoms with Gasteiger partial charge in [0.1, 0.15) is 6.04 Å². The quantitative estimate of drug-likeness (QED) is 0.420. The van der Waals surface area contributed by atoms with E-state index in [1.165, 1.54) is 11.2 Å². The number of hydrogen-bond acceptors (Lipinski definition) is 5. The number of carbonyl (C=O) groups is 3. The summed E-state index contributed by atoms with van der Waals surface area (Å²) in [5.74, 6) is -2.17. The van der Waals surface area contributed by atoms with E-state index >= 15 is 0 Å². The van der Waals surface area contributed by atoms with Crippen LogP contribution in [0.1, 0.15) is 11.3 Å². The van der Waals surface area contributed by atoms with Crippen molar-refractivity contribution in [2.75, 3.05) is 19.6 Å². The predicted molar refractivity (Wildman–Crippen MR) is 97.6 cm³/mol. The minimum Gasteiger partial charge on any atom is -0.480 e. The van der Waals surface area contributed by atoms with Gasteiger partial charge < -0.3 is 21.1 Å². The molecule has 9 nitrogen and oxygen atoms in total. The standard InChI is InChI=1S/C18H23N5O4/c19-18(27)15(8-14-9-20-12-21-14)22-16(24)10-23(11-17(25)26)7-6-13-4-2-1-3-5-13/h1-5,9,12,15H,6-8,10-11H2,(H2,19,27)(H,20,21)(H,22,24)(H,25,26)/t15-/m0/s1. The predicted octanol–water partition coefficient (Wildman–Crippen LogP) is -0.448. The number of aliphatic carboxylic acids is 1. The average molecular weight is 373 g/mol. The van der Waals surface area contributed by atoms with E-state index in [-0.39, 0.29) is 19.5 Å². The number of imidazole rings is 1. The Labute approximate surface area is 156 Å². The number of nitrogens with two attached hydrogens (primary N) is 1. The number of hydrogen-bond donors (Lipinski definition) is 4. The average Bonchev–Trinajstić information content (AvgIpc) is 3.12. The Balaban J connectivity index is 1.92. The molecule has 0 aliphatic carbocycles. The second-order valence-electron chi connectivity index (χ2n) is 6.14. The molecule has 2 aromatic rings. The SMILES string of the molecule is NC(=O)[C@H](Cc1cnc[nH]1)NC(=O)CN(CCc1ccccc1)CC(=O)O.